The molecule has 0 spiro atoms. The van der Waals surface area contributed by atoms with E-state index in [4.69, 9.17) is 15.5 Å². The fourth-order valence-electron chi connectivity index (χ4n) is 4.37. The molecule has 1 unspecified atom stereocenters. The van der Waals surface area contributed by atoms with E-state index in [1.54, 1.807) is 12.1 Å². The fraction of sp³-hybridized carbons (Fsp3) is 0.250. The predicted molar refractivity (Wildman–Crippen MR) is 116 cm³/mol. The summed E-state index contributed by atoms with van der Waals surface area (Å²) in [6.07, 6.45) is 1.06. The highest BCUT2D eigenvalue weighted by molar-refractivity contribution is 7.19. The first-order chi connectivity index (χ1) is 14.3. The van der Waals surface area contributed by atoms with E-state index in [9.17, 15) is 9.18 Å². The first-order valence-corrected chi connectivity index (χ1v) is 10.7. The van der Waals surface area contributed by atoms with Crippen LogP contribution in [0.4, 0.5) is 4.39 Å². The molecule has 1 aliphatic heterocycles. The lowest BCUT2D eigenvalue weighted by Gasteiger charge is -2.38. The van der Waals surface area contributed by atoms with Crippen molar-refractivity contribution in [2.24, 2.45) is 11.1 Å². The van der Waals surface area contributed by atoms with Crippen LogP contribution in [0.5, 0.6) is 0 Å². The van der Waals surface area contributed by atoms with Gasteiger partial charge in [-0.3, -0.25) is 4.79 Å². The van der Waals surface area contributed by atoms with Crippen molar-refractivity contribution in [1.29, 1.82) is 0 Å². The maximum Gasteiger partial charge on any atom is 0.197 e. The molecule has 0 saturated carbocycles. The van der Waals surface area contributed by atoms with E-state index < -0.39 is 5.92 Å². The Morgan fingerprint density at radius 1 is 1.10 bits per heavy atom. The SMILES string of the molecule is CC1(C)CC(=O)C2=C(C1)OC(N)=C(c1nc3ccccc3s1)C2c1ccc(F)cc1. The van der Waals surface area contributed by atoms with Gasteiger partial charge in [-0.25, -0.2) is 9.37 Å². The normalized spacial score (nSPS) is 21.0. The van der Waals surface area contributed by atoms with Gasteiger partial charge >= 0.3 is 0 Å². The number of Topliss-reactive ketones (excluding diaryl/α,β-unsaturated/α-hetero) is 1. The van der Waals surface area contributed by atoms with Gasteiger partial charge in [0.1, 0.15) is 16.6 Å². The molecule has 1 aliphatic carbocycles. The van der Waals surface area contributed by atoms with Crippen LogP contribution in [0.3, 0.4) is 0 Å². The number of nitrogens with zero attached hydrogens (tertiary/aromatic N) is 1. The topological polar surface area (TPSA) is 65.2 Å². The number of allylic oxidation sites excluding steroid dienone is 3. The summed E-state index contributed by atoms with van der Waals surface area (Å²) in [5.74, 6) is 0.162. The minimum absolute atomic E-state index is 0.0432. The number of benzene rings is 2. The molecule has 6 heteroatoms. The van der Waals surface area contributed by atoms with Gasteiger partial charge in [-0.05, 0) is 35.2 Å². The smallest absolute Gasteiger partial charge is 0.197 e. The van der Waals surface area contributed by atoms with Crippen molar-refractivity contribution in [3.63, 3.8) is 0 Å². The Hall–Kier alpha value is -2.99. The standard InChI is InChI=1S/C24H21FN2O2S/c1-24(2)11-16(28)20-17(12-24)29-22(26)21(19(20)13-7-9-14(25)10-8-13)23-27-15-5-3-4-6-18(15)30-23/h3-10,19H,11-12,26H2,1-2H3. The summed E-state index contributed by atoms with van der Waals surface area (Å²) in [6.45, 7) is 4.10. The van der Waals surface area contributed by atoms with Crippen LogP contribution in [0.15, 0.2) is 65.7 Å². The minimum atomic E-state index is -0.432. The number of rotatable bonds is 2. The number of thiazole rings is 1. The molecule has 2 N–H and O–H groups in total. The maximum absolute atomic E-state index is 13.7. The van der Waals surface area contributed by atoms with Gasteiger partial charge in [0.15, 0.2) is 11.7 Å². The van der Waals surface area contributed by atoms with Gasteiger partial charge < -0.3 is 10.5 Å². The highest BCUT2D eigenvalue weighted by atomic mass is 32.1. The first-order valence-electron chi connectivity index (χ1n) is 9.87. The number of carbonyl (C=O) groups excluding carboxylic acids is 1. The summed E-state index contributed by atoms with van der Waals surface area (Å²) in [5.41, 5.74) is 9.20. The van der Waals surface area contributed by atoms with E-state index in [1.165, 1.54) is 23.5 Å². The molecular weight excluding hydrogens is 399 g/mol. The molecule has 4 nitrogen and oxygen atoms in total. The highest BCUT2D eigenvalue weighted by Crippen LogP contribution is 2.51. The Labute approximate surface area is 177 Å². The van der Waals surface area contributed by atoms with Gasteiger partial charge in [-0.2, -0.15) is 0 Å². The molecule has 0 radical (unpaired) electrons. The van der Waals surface area contributed by atoms with Gasteiger partial charge in [0.25, 0.3) is 0 Å². The third-order valence-electron chi connectivity index (χ3n) is 5.68. The van der Waals surface area contributed by atoms with E-state index in [0.717, 1.165) is 15.8 Å². The molecule has 5 rings (SSSR count). The molecule has 2 aliphatic rings. The van der Waals surface area contributed by atoms with Gasteiger partial charge in [0.05, 0.1) is 15.8 Å². The van der Waals surface area contributed by atoms with Gasteiger partial charge in [-0.15, -0.1) is 11.3 Å². The number of fused-ring (bicyclic) bond motifs is 1. The van der Waals surface area contributed by atoms with Crippen LogP contribution in [0.1, 0.15) is 43.2 Å². The van der Waals surface area contributed by atoms with E-state index in [-0.39, 0.29) is 22.9 Å². The second-order valence-corrected chi connectivity index (χ2v) is 9.66. The van der Waals surface area contributed by atoms with Crippen LogP contribution in [-0.2, 0) is 9.53 Å². The number of nitrogens with two attached hydrogens (primary N) is 1. The Morgan fingerprint density at radius 2 is 1.83 bits per heavy atom. The minimum Gasteiger partial charge on any atom is -0.445 e. The van der Waals surface area contributed by atoms with Crippen LogP contribution >= 0.6 is 11.3 Å². The van der Waals surface area contributed by atoms with E-state index in [1.807, 2.05) is 38.1 Å². The summed E-state index contributed by atoms with van der Waals surface area (Å²) in [5, 5.41) is 0.715. The lowest BCUT2D eigenvalue weighted by atomic mass is 9.70. The molecule has 1 aromatic heterocycles. The number of ether oxygens (including phenoxy) is 1. The third kappa shape index (κ3) is 3.12. The molecule has 152 valence electrons. The molecule has 2 aromatic carbocycles. The molecular formula is C24H21FN2O2S. The van der Waals surface area contributed by atoms with Crippen LogP contribution in [0.25, 0.3) is 15.8 Å². The molecule has 0 saturated heterocycles. The first kappa shape index (κ1) is 19.0. The molecule has 3 aromatic rings. The quantitative estimate of drug-likeness (QED) is 0.593. The second-order valence-electron chi connectivity index (χ2n) is 8.63. The molecule has 0 fully saturated rings. The van der Waals surface area contributed by atoms with Crippen LogP contribution in [0.2, 0.25) is 0 Å². The molecule has 1 atom stereocenters. The van der Waals surface area contributed by atoms with Crippen molar-refractivity contribution in [1.82, 2.24) is 4.98 Å². The average Bonchev–Trinajstić information content (AvgIpc) is 3.10. The number of aromatic nitrogens is 1. The molecule has 2 heterocycles. The Balaban J connectivity index is 1.72. The number of hydrogen-bond donors (Lipinski definition) is 1. The van der Waals surface area contributed by atoms with Crippen LogP contribution in [0, 0.1) is 11.2 Å². The monoisotopic (exact) mass is 420 g/mol. The summed E-state index contributed by atoms with van der Waals surface area (Å²) in [4.78, 5) is 18.0. The predicted octanol–water partition coefficient (Wildman–Crippen LogP) is 5.52. The van der Waals surface area contributed by atoms with Crippen molar-refractivity contribution in [2.45, 2.75) is 32.6 Å². The zero-order chi connectivity index (χ0) is 21.0. The summed E-state index contributed by atoms with van der Waals surface area (Å²) in [6, 6.07) is 14.1. The van der Waals surface area contributed by atoms with E-state index in [0.29, 0.717) is 34.8 Å². The number of hydrogen-bond acceptors (Lipinski definition) is 5. The summed E-state index contributed by atoms with van der Waals surface area (Å²) in [7, 11) is 0. The van der Waals surface area contributed by atoms with E-state index >= 15 is 0 Å². The zero-order valence-electron chi connectivity index (χ0n) is 16.7. The van der Waals surface area contributed by atoms with Gasteiger partial charge in [-0.1, -0.05) is 38.1 Å². The van der Waals surface area contributed by atoms with Crippen molar-refractivity contribution >= 4 is 32.9 Å². The summed E-state index contributed by atoms with van der Waals surface area (Å²) < 4.78 is 20.7. The zero-order valence-corrected chi connectivity index (χ0v) is 17.6. The number of ketones is 1. The lowest BCUT2D eigenvalue weighted by Crippen LogP contribution is -2.33. The Kier molecular flexibility index (Phi) is 4.29. The van der Waals surface area contributed by atoms with Gasteiger partial charge in [0, 0.05) is 24.3 Å². The van der Waals surface area contributed by atoms with Crippen LogP contribution < -0.4 is 5.73 Å². The molecule has 0 amide bonds. The molecule has 30 heavy (non-hydrogen) atoms. The van der Waals surface area contributed by atoms with Crippen molar-refractivity contribution < 1.29 is 13.9 Å². The number of para-hydroxylation sites is 1. The largest absolute Gasteiger partial charge is 0.445 e. The fourth-order valence-corrected chi connectivity index (χ4v) is 5.42. The maximum atomic E-state index is 13.7. The Morgan fingerprint density at radius 3 is 2.57 bits per heavy atom. The van der Waals surface area contributed by atoms with Crippen LogP contribution in [-0.4, -0.2) is 10.8 Å². The van der Waals surface area contributed by atoms with Crippen molar-refractivity contribution in [2.75, 3.05) is 0 Å². The van der Waals surface area contributed by atoms with Gasteiger partial charge in [0.2, 0.25) is 0 Å². The third-order valence-corrected chi connectivity index (χ3v) is 6.75. The molecule has 0 bridgehead atoms. The van der Waals surface area contributed by atoms with E-state index in [2.05, 4.69) is 0 Å². The number of carbonyl (C=O) groups is 1. The highest BCUT2D eigenvalue weighted by Gasteiger charge is 2.43. The lowest BCUT2D eigenvalue weighted by molar-refractivity contribution is -0.118. The average molecular weight is 421 g/mol. The summed E-state index contributed by atoms with van der Waals surface area (Å²) >= 11 is 1.51. The second kappa shape index (κ2) is 6.77. The van der Waals surface area contributed by atoms with Crippen molar-refractivity contribution in [3.05, 3.63) is 82.1 Å². The van der Waals surface area contributed by atoms with Crippen molar-refractivity contribution in [3.8, 4) is 0 Å². The Bertz CT molecular complexity index is 1200. The number of halogens is 1.